The van der Waals surface area contributed by atoms with E-state index in [1.807, 2.05) is 12.1 Å². The van der Waals surface area contributed by atoms with Gasteiger partial charge in [-0.1, -0.05) is 0 Å². The number of aromatic nitrogens is 3. The molecule has 1 saturated heterocycles. The number of rotatable bonds is 3. The zero-order chi connectivity index (χ0) is 22.4. The number of hydrogen-bond acceptors (Lipinski definition) is 6. The molecule has 1 N–H and O–H groups in total. The molecule has 4 rings (SSSR count). The van der Waals surface area contributed by atoms with E-state index >= 15 is 0 Å². The number of alkyl halides is 3. The molecule has 0 aromatic carbocycles. The summed E-state index contributed by atoms with van der Waals surface area (Å²) in [4.78, 5) is 37.7. The fourth-order valence-electron chi connectivity index (χ4n) is 3.41. The van der Waals surface area contributed by atoms with Gasteiger partial charge in [-0.25, -0.2) is 19.8 Å². The van der Waals surface area contributed by atoms with Gasteiger partial charge in [0.25, 0.3) is 0 Å². The number of carboxylic acid groups (broad SMARTS) is 1. The number of fused-ring (bicyclic) bond motifs is 1. The van der Waals surface area contributed by atoms with Gasteiger partial charge in [0.15, 0.2) is 0 Å². The summed E-state index contributed by atoms with van der Waals surface area (Å²) in [6, 6.07) is 5.98. The van der Waals surface area contributed by atoms with Gasteiger partial charge in [-0.2, -0.15) is 13.2 Å². The number of hydroxylamine groups is 2. The molecule has 2 aromatic rings. The maximum Gasteiger partial charge on any atom is 0.490 e. The number of carboxylic acids is 1. The molecular formula is C19H22F3N5O4. The predicted molar refractivity (Wildman–Crippen MR) is 102 cm³/mol. The van der Waals surface area contributed by atoms with E-state index in [-0.39, 0.29) is 11.8 Å². The molecule has 2 aromatic heterocycles. The average Bonchev–Trinajstić information content (AvgIpc) is 3.38. The largest absolute Gasteiger partial charge is 0.490 e. The molecule has 1 atom stereocenters. The lowest BCUT2D eigenvalue weighted by atomic mass is 10.0. The monoisotopic (exact) mass is 441 g/mol. The quantitative estimate of drug-likeness (QED) is 0.779. The highest BCUT2D eigenvalue weighted by atomic mass is 19.4. The Morgan fingerprint density at radius 3 is 2.52 bits per heavy atom. The van der Waals surface area contributed by atoms with Gasteiger partial charge in [-0.15, -0.1) is 0 Å². The van der Waals surface area contributed by atoms with Gasteiger partial charge < -0.3 is 14.6 Å². The molecular weight excluding hydrogens is 419 g/mol. The molecule has 0 bridgehead atoms. The maximum atomic E-state index is 12.5. The number of carbonyl (C=O) groups is 2. The molecule has 31 heavy (non-hydrogen) atoms. The molecule has 1 unspecified atom stereocenters. The van der Waals surface area contributed by atoms with Gasteiger partial charge in [0.2, 0.25) is 11.9 Å². The van der Waals surface area contributed by atoms with Crippen molar-refractivity contribution in [2.75, 3.05) is 24.6 Å². The molecule has 9 nitrogen and oxygen atoms in total. The fraction of sp³-hybridized carbons (Fsp3) is 0.474. The molecule has 1 amide bonds. The molecule has 0 spiro atoms. The van der Waals surface area contributed by atoms with Crippen molar-refractivity contribution in [2.24, 2.45) is 5.92 Å². The van der Waals surface area contributed by atoms with E-state index in [1.54, 1.807) is 12.4 Å². The van der Waals surface area contributed by atoms with Crippen LogP contribution in [0.5, 0.6) is 0 Å². The highest BCUT2D eigenvalue weighted by Crippen LogP contribution is 2.23. The Kier molecular flexibility index (Phi) is 7.10. The van der Waals surface area contributed by atoms with Crippen molar-refractivity contribution < 1.29 is 32.7 Å². The van der Waals surface area contributed by atoms with Crippen molar-refractivity contribution in [1.82, 2.24) is 19.6 Å². The Balaban J connectivity index is 0.000000339. The third-order valence-corrected chi connectivity index (χ3v) is 4.78. The van der Waals surface area contributed by atoms with Gasteiger partial charge >= 0.3 is 12.1 Å². The van der Waals surface area contributed by atoms with Gasteiger partial charge in [0.1, 0.15) is 0 Å². The van der Waals surface area contributed by atoms with Crippen molar-refractivity contribution in [3.8, 4) is 0 Å². The van der Waals surface area contributed by atoms with Crippen LogP contribution < -0.4 is 4.90 Å². The van der Waals surface area contributed by atoms with Crippen LogP contribution in [0, 0.1) is 5.92 Å². The summed E-state index contributed by atoms with van der Waals surface area (Å²) >= 11 is 0. The standard InChI is InChI=1S/C17H21N5O2.C2HF3O2/c23-16(22-8-3-9-24-22)10-14-11-20-7-1-4-15(20)13-21(12-14)17-18-5-2-6-19-17;3-2(4,5)1(6)7/h1-2,4-7,14H,3,8-13H2;(H,6,7). The Bertz CT molecular complexity index is 884. The van der Waals surface area contributed by atoms with Crippen molar-refractivity contribution in [3.05, 3.63) is 42.5 Å². The molecule has 12 heteroatoms. The molecule has 2 aliphatic rings. The van der Waals surface area contributed by atoms with Gasteiger partial charge in [-0.3, -0.25) is 9.63 Å². The van der Waals surface area contributed by atoms with E-state index in [0.29, 0.717) is 25.5 Å². The summed E-state index contributed by atoms with van der Waals surface area (Å²) in [7, 11) is 0. The first-order chi connectivity index (χ1) is 14.7. The molecule has 2 aliphatic heterocycles. The minimum atomic E-state index is -5.08. The molecule has 4 heterocycles. The lowest BCUT2D eigenvalue weighted by Crippen LogP contribution is -2.34. The summed E-state index contributed by atoms with van der Waals surface area (Å²) < 4.78 is 34.0. The summed E-state index contributed by atoms with van der Waals surface area (Å²) in [6.07, 6.45) is 1.90. The van der Waals surface area contributed by atoms with Gasteiger partial charge in [0, 0.05) is 49.7 Å². The van der Waals surface area contributed by atoms with Gasteiger partial charge in [0.05, 0.1) is 19.7 Å². The highest BCUT2D eigenvalue weighted by Gasteiger charge is 2.38. The van der Waals surface area contributed by atoms with Gasteiger partial charge in [-0.05, 0) is 24.6 Å². The maximum absolute atomic E-state index is 12.5. The predicted octanol–water partition coefficient (Wildman–Crippen LogP) is 2.10. The number of nitrogens with zero attached hydrogens (tertiary/aromatic N) is 5. The number of amides is 1. The second-order valence-electron chi connectivity index (χ2n) is 7.14. The van der Waals surface area contributed by atoms with Crippen molar-refractivity contribution in [3.63, 3.8) is 0 Å². The Morgan fingerprint density at radius 2 is 1.90 bits per heavy atom. The SMILES string of the molecule is O=C(CC1CN(c2ncccn2)Cc2cccn2C1)N1CCCO1.O=C(O)C(F)(F)F. The molecule has 168 valence electrons. The van der Waals surface area contributed by atoms with Crippen LogP contribution in [0.1, 0.15) is 18.5 Å². The Labute approximate surface area is 176 Å². The summed E-state index contributed by atoms with van der Waals surface area (Å²) in [5.74, 6) is -1.78. The van der Waals surface area contributed by atoms with E-state index in [9.17, 15) is 18.0 Å². The second kappa shape index (κ2) is 9.77. The third-order valence-electron chi connectivity index (χ3n) is 4.78. The Hall–Kier alpha value is -3.15. The molecule has 0 radical (unpaired) electrons. The van der Waals surface area contributed by atoms with Crippen LogP contribution in [0.3, 0.4) is 0 Å². The fourth-order valence-corrected chi connectivity index (χ4v) is 3.41. The number of anilines is 1. The van der Waals surface area contributed by atoms with Crippen LogP contribution in [-0.4, -0.2) is 62.5 Å². The summed E-state index contributed by atoms with van der Waals surface area (Å²) in [5, 5.41) is 8.64. The Morgan fingerprint density at radius 1 is 1.19 bits per heavy atom. The van der Waals surface area contributed by atoms with Crippen LogP contribution >= 0.6 is 0 Å². The molecule has 0 saturated carbocycles. The summed E-state index contributed by atoms with van der Waals surface area (Å²) in [6.45, 7) is 3.67. The lowest BCUT2D eigenvalue weighted by molar-refractivity contribution is -0.192. The highest BCUT2D eigenvalue weighted by molar-refractivity contribution is 5.75. The van der Waals surface area contributed by atoms with E-state index in [2.05, 4.69) is 31.7 Å². The van der Waals surface area contributed by atoms with Crippen molar-refractivity contribution >= 4 is 17.8 Å². The first-order valence-corrected chi connectivity index (χ1v) is 9.63. The average molecular weight is 441 g/mol. The first-order valence-electron chi connectivity index (χ1n) is 9.63. The number of aliphatic carboxylic acids is 1. The number of halogens is 3. The third kappa shape index (κ3) is 6.17. The lowest BCUT2D eigenvalue weighted by Gasteiger charge is -2.24. The van der Waals surface area contributed by atoms with Crippen LogP contribution in [0.25, 0.3) is 0 Å². The van der Waals surface area contributed by atoms with E-state index in [1.165, 1.54) is 10.8 Å². The minimum Gasteiger partial charge on any atom is -0.475 e. The number of carbonyl (C=O) groups excluding carboxylic acids is 1. The van der Waals surface area contributed by atoms with E-state index in [0.717, 1.165) is 26.1 Å². The second-order valence-corrected chi connectivity index (χ2v) is 7.14. The number of hydrogen-bond donors (Lipinski definition) is 1. The first kappa shape index (κ1) is 22.5. The summed E-state index contributed by atoms with van der Waals surface area (Å²) in [5.41, 5.74) is 1.22. The minimum absolute atomic E-state index is 0.0713. The van der Waals surface area contributed by atoms with Crippen molar-refractivity contribution in [2.45, 2.75) is 32.1 Å². The zero-order valence-corrected chi connectivity index (χ0v) is 16.5. The van der Waals surface area contributed by atoms with E-state index in [4.69, 9.17) is 14.7 Å². The van der Waals surface area contributed by atoms with Crippen molar-refractivity contribution in [1.29, 1.82) is 0 Å². The van der Waals surface area contributed by atoms with Crippen LogP contribution in [0.4, 0.5) is 19.1 Å². The van der Waals surface area contributed by atoms with E-state index < -0.39 is 12.1 Å². The normalized spacial score (nSPS) is 18.6. The zero-order valence-electron chi connectivity index (χ0n) is 16.5. The molecule has 1 fully saturated rings. The topological polar surface area (TPSA) is 101 Å². The smallest absolute Gasteiger partial charge is 0.475 e. The van der Waals surface area contributed by atoms with Crippen LogP contribution in [0.2, 0.25) is 0 Å². The van der Waals surface area contributed by atoms with Crippen LogP contribution in [-0.2, 0) is 27.5 Å². The van der Waals surface area contributed by atoms with Crippen LogP contribution in [0.15, 0.2) is 36.8 Å². The molecule has 0 aliphatic carbocycles.